The van der Waals surface area contributed by atoms with Gasteiger partial charge < -0.3 is 4.74 Å². The summed E-state index contributed by atoms with van der Waals surface area (Å²) in [5, 5.41) is 0.347. The zero-order chi connectivity index (χ0) is 13.1. The molecule has 0 N–H and O–H groups in total. The highest BCUT2D eigenvalue weighted by atomic mass is 79.9. The van der Waals surface area contributed by atoms with Crippen LogP contribution >= 0.6 is 27.5 Å². The third kappa shape index (κ3) is 2.79. The monoisotopic (exact) mass is 330 g/mol. The average Bonchev–Trinajstić information content (AvgIpc) is 2.34. The van der Waals surface area contributed by atoms with Gasteiger partial charge in [-0.1, -0.05) is 18.5 Å². The zero-order valence-corrected chi connectivity index (χ0v) is 11.8. The van der Waals surface area contributed by atoms with E-state index >= 15 is 0 Å². The van der Waals surface area contributed by atoms with Crippen molar-refractivity contribution in [1.82, 2.24) is 9.97 Å². The number of nitrogens with zero attached hydrogens (tertiary/aromatic N) is 2. The van der Waals surface area contributed by atoms with Crippen molar-refractivity contribution in [3.8, 4) is 11.6 Å². The van der Waals surface area contributed by atoms with Gasteiger partial charge in [0.05, 0.1) is 10.0 Å². The van der Waals surface area contributed by atoms with Crippen molar-refractivity contribution in [3.63, 3.8) is 0 Å². The van der Waals surface area contributed by atoms with E-state index in [-0.39, 0.29) is 0 Å². The molecule has 0 saturated heterocycles. The van der Waals surface area contributed by atoms with Crippen LogP contribution < -0.4 is 4.74 Å². The standard InChI is InChI=1S/C12H9BrClFN2O/c1-2-8-11(14)16-6-17-12(8)18-7-3-4-9(13)10(15)5-7/h3-6H,2H2,1H3. The zero-order valence-electron chi connectivity index (χ0n) is 9.45. The number of hydrogen-bond acceptors (Lipinski definition) is 3. The van der Waals surface area contributed by atoms with E-state index in [1.807, 2.05) is 6.92 Å². The van der Waals surface area contributed by atoms with Crippen molar-refractivity contribution >= 4 is 27.5 Å². The molecule has 0 spiro atoms. The first-order valence-corrected chi connectivity index (χ1v) is 6.41. The van der Waals surface area contributed by atoms with Gasteiger partial charge in [0, 0.05) is 6.07 Å². The number of halogens is 3. The number of benzene rings is 1. The highest BCUT2D eigenvalue weighted by Crippen LogP contribution is 2.29. The van der Waals surface area contributed by atoms with Crippen molar-refractivity contribution in [1.29, 1.82) is 0 Å². The van der Waals surface area contributed by atoms with Crippen LogP contribution in [0.5, 0.6) is 11.6 Å². The van der Waals surface area contributed by atoms with Crippen LogP contribution in [-0.4, -0.2) is 9.97 Å². The second kappa shape index (κ2) is 5.63. The second-order valence-corrected chi connectivity index (χ2v) is 4.69. The van der Waals surface area contributed by atoms with Crippen molar-refractivity contribution < 1.29 is 9.13 Å². The summed E-state index contributed by atoms with van der Waals surface area (Å²) in [4.78, 5) is 7.88. The first-order valence-electron chi connectivity index (χ1n) is 5.24. The Morgan fingerprint density at radius 1 is 1.39 bits per heavy atom. The minimum atomic E-state index is -0.397. The SMILES string of the molecule is CCc1c(Cl)ncnc1Oc1ccc(Br)c(F)c1. The largest absolute Gasteiger partial charge is 0.438 e. The van der Waals surface area contributed by atoms with Crippen molar-refractivity contribution in [3.05, 3.63) is 45.5 Å². The molecule has 3 nitrogen and oxygen atoms in total. The lowest BCUT2D eigenvalue weighted by atomic mass is 10.2. The van der Waals surface area contributed by atoms with Crippen LogP contribution in [0.3, 0.4) is 0 Å². The molecule has 0 aliphatic heterocycles. The molecule has 0 saturated carbocycles. The number of aromatic nitrogens is 2. The maximum atomic E-state index is 13.4. The minimum absolute atomic E-state index is 0.347. The summed E-state index contributed by atoms with van der Waals surface area (Å²) in [5.74, 6) is 0.310. The van der Waals surface area contributed by atoms with Crippen molar-refractivity contribution in [2.75, 3.05) is 0 Å². The van der Waals surface area contributed by atoms with Gasteiger partial charge in [-0.25, -0.2) is 14.4 Å². The van der Waals surface area contributed by atoms with Crippen LogP contribution in [0.1, 0.15) is 12.5 Å². The summed E-state index contributed by atoms with van der Waals surface area (Å²) < 4.78 is 19.3. The van der Waals surface area contributed by atoms with E-state index in [1.54, 1.807) is 12.1 Å². The van der Waals surface area contributed by atoms with E-state index < -0.39 is 5.82 Å². The lowest BCUT2D eigenvalue weighted by Crippen LogP contribution is -1.97. The fraction of sp³-hybridized carbons (Fsp3) is 0.167. The van der Waals surface area contributed by atoms with E-state index in [4.69, 9.17) is 16.3 Å². The van der Waals surface area contributed by atoms with Crippen LogP contribution in [0.2, 0.25) is 5.15 Å². The number of hydrogen-bond donors (Lipinski definition) is 0. The lowest BCUT2D eigenvalue weighted by Gasteiger charge is -2.09. The minimum Gasteiger partial charge on any atom is -0.438 e. The van der Waals surface area contributed by atoms with Crippen LogP contribution in [0.25, 0.3) is 0 Å². The molecule has 6 heteroatoms. The highest BCUT2D eigenvalue weighted by molar-refractivity contribution is 9.10. The van der Waals surface area contributed by atoms with E-state index in [0.717, 1.165) is 0 Å². The maximum Gasteiger partial charge on any atom is 0.226 e. The Kier molecular flexibility index (Phi) is 4.14. The molecule has 2 rings (SSSR count). The number of ether oxygens (including phenoxy) is 1. The summed E-state index contributed by atoms with van der Waals surface area (Å²) in [6.07, 6.45) is 1.94. The van der Waals surface area contributed by atoms with Gasteiger partial charge in [0.25, 0.3) is 0 Å². The van der Waals surface area contributed by atoms with Crippen LogP contribution in [0, 0.1) is 5.82 Å². The number of rotatable bonds is 3. The first-order chi connectivity index (χ1) is 8.61. The molecule has 0 fully saturated rings. The van der Waals surface area contributed by atoms with Crippen molar-refractivity contribution in [2.45, 2.75) is 13.3 Å². The second-order valence-electron chi connectivity index (χ2n) is 3.48. The molecular formula is C12H9BrClFN2O. The first kappa shape index (κ1) is 13.2. The lowest BCUT2D eigenvalue weighted by molar-refractivity contribution is 0.450. The van der Waals surface area contributed by atoms with E-state index in [1.165, 1.54) is 12.4 Å². The highest BCUT2D eigenvalue weighted by Gasteiger charge is 2.11. The molecule has 0 amide bonds. The summed E-state index contributed by atoms with van der Waals surface area (Å²) in [7, 11) is 0. The summed E-state index contributed by atoms with van der Waals surface area (Å²) in [6.45, 7) is 1.92. The molecule has 2 aromatic rings. The van der Waals surface area contributed by atoms with Gasteiger partial charge in [-0.2, -0.15) is 0 Å². The van der Waals surface area contributed by atoms with Crippen molar-refractivity contribution in [2.24, 2.45) is 0 Å². The molecule has 0 unspecified atom stereocenters. The molecule has 0 aliphatic carbocycles. The molecule has 0 bridgehead atoms. The predicted molar refractivity (Wildman–Crippen MR) is 70.6 cm³/mol. The Balaban J connectivity index is 2.34. The molecule has 1 heterocycles. The van der Waals surface area contributed by atoms with Crippen LogP contribution in [-0.2, 0) is 6.42 Å². The van der Waals surface area contributed by atoms with Gasteiger partial charge >= 0.3 is 0 Å². The quantitative estimate of drug-likeness (QED) is 0.783. The third-order valence-corrected chi connectivity index (χ3v) is 3.28. The molecule has 94 valence electrons. The molecular weight excluding hydrogens is 323 g/mol. The van der Waals surface area contributed by atoms with E-state index in [9.17, 15) is 4.39 Å². The van der Waals surface area contributed by atoms with Gasteiger partial charge in [0.15, 0.2) is 0 Å². The molecule has 1 aromatic heterocycles. The summed E-state index contributed by atoms with van der Waals surface area (Å²) in [5.41, 5.74) is 0.697. The Bertz CT molecular complexity index is 580. The normalized spacial score (nSPS) is 10.4. The summed E-state index contributed by atoms with van der Waals surface area (Å²) >= 11 is 9.02. The van der Waals surface area contributed by atoms with Gasteiger partial charge in [0.2, 0.25) is 5.88 Å². The molecule has 1 aromatic carbocycles. The Morgan fingerprint density at radius 3 is 2.83 bits per heavy atom. The van der Waals surface area contributed by atoms with Crippen LogP contribution in [0.4, 0.5) is 4.39 Å². The fourth-order valence-corrected chi connectivity index (χ4v) is 1.92. The van der Waals surface area contributed by atoms with E-state index in [2.05, 4.69) is 25.9 Å². The van der Waals surface area contributed by atoms with Gasteiger partial charge in [0.1, 0.15) is 23.0 Å². The molecule has 18 heavy (non-hydrogen) atoms. The Hall–Kier alpha value is -1.20. The predicted octanol–water partition coefficient (Wildman–Crippen LogP) is 4.39. The molecule has 0 atom stereocenters. The topological polar surface area (TPSA) is 35.0 Å². The van der Waals surface area contributed by atoms with Gasteiger partial charge in [-0.05, 0) is 34.5 Å². The van der Waals surface area contributed by atoms with Crippen LogP contribution in [0.15, 0.2) is 29.0 Å². The third-order valence-electron chi connectivity index (χ3n) is 2.31. The van der Waals surface area contributed by atoms with E-state index in [0.29, 0.717) is 33.2 Å². The fourth-order valence-electron chi connectivity index (χ4n) is 1.41. The summed E-state index contributed by atoms with van der Waals surface area (Å²) in [6, 6.07) is 4.49. The molecule has 0 radical (unpaired) electrons. The molecule has 0 aliphatic rings. The maximum absolute atomic E-state index is 13.4. The Morgan fingerprint density at radius 2 is 2.17 bits per heavy atom. The average molecular weight is 332 g/mol. The Labute approximate surface area is 117 Å². The van der Waals surface area contributed by atoms with Gasteiger partial charge in [-0.15, -0.1) is 0 Å². The van der Waals surface area contributed by atoms with Gasteiger partial charge in [-0.3, -0.25) is 0 Å². The smallest absolute Gasteiger partial charge is 0.226 e.